The zero-order valence-corrected chi connectivity index (χ0v) is 13.3. The van der Waals surface area contributed by atoms with E-state index < -0.39 is 17.5 Å². The smallest absolute Gasteiger partial charge is 0.277 e. The molecule has 2 N–H and O–H groups in total. The Bertz CT molecular complexity index is 913. The topological polar surface area (TPSA) is 66.9 Å². The summed E-state index contributed by atoms with van der Waals surface area (Å²) in [5, 5.41) is 5.53. The number of benzene rings is 1. The first-order valence-corrected chi connectivity index (χ1v) is 7.44. The van der Waals surface area contributed by atoms with Crippen molar-refractivity contribution in [3.63, 3.8) is 0 Å². The lowest BCUT2D eigenvalue weighted by Gasteiger charge is -2.12. The number of nitrogens with one attached hydrogen (secondary N) is 2. The number of hydrogen-bond acceptors (Lipinski definition) is 4. The normalized spacial score (nSPS) is 10.4. The molecule has 3 rings (SSSR count). The number of anilines is 3. The van der Waals surface area contributed by atoms with Crippen molar-refractivity contribution in [2.24, 2.45) is 0 Å². The summed E-state index contributed by atoms with van der Waals surface area (Å²) in [6.07, 6.45) is 1.01. The van der Waals surface area contributed by atoms with Crippen LogP contribution < -0.4 is 10.6 Å². The standard InChI is InChI=1S/C18H14F2N4O/c1-11-5-7-15(23-14-4-2-3-12(19)9-14)17(22-11)18(25)24-16-8-6-13(20)10-21-16/h2-10,23H,1H3,(H,21,24,25). The van der Waals surface area contributed by atoms with Crippen molar-refractivity contribution < 1.29 is 13.6 Å². The Hall–Kier alpha value is -3.35. The first-order chi connectivity index (χ1) is 12.0. The Labute approximate surface area is 142 Å². The molecule has 126 valence electrons. The minimum atomic E-state index is -0.512. The predicted octanol–water partition coefficient (Wildman–Crippen LogP) is 4.06. The van der Waals surface area contributed by atoms with Crippen LogP contribution in [0.15, 0.2) is 54.7 Å². The van der Waals surface area contributed by atoms with Gasteiger partial charge < -0.3 is 10.6 Å². The highest BCUT2D eigenvalue weighted by Crippen LogP contribution is 2.21. The van der Waals surface area contributed by atoms with Crippen LogP contribution in [0, 0.1) is 18.6 Å². The summed E-state index contributed by atoms with van der Waals surface area (Å²) in [5.74, 6) is -1.21. The number of hydrogen-bond donors (Lipinski definition) is 2. The van der Waals surface area contributed by atoms with Gasteiger partial charge in [0.2, 0.25) is 0 Å². The SMILES string of the molecule is Cc1ccc(Nc2cccc(F)c2)c(C(=O)Nc2ccc(F)cn2)n1. The molecule has 3 aromatic rings. The van der Waals surface area contributed by atoms with Gasteiger partial charge in [-0.15, -0.1) is 0 Å². The molecule has 0 fully saturated rings. The van der Waals surface area contributed by atoms with Crippen LogP contribution in [0.1, 0.15) is 16.2 Å². The fourth-order valence-corrected chi connectivity index (χ4v) is 2.18. The van der Waals surface area contributed by atoms with Gasteiger partial charge in [-0.25, -0.2) is 18.7 Å². The minimum absolute atomic E-state index is 0.121. The highest BCUT2D eigenvalue weighted by Gasteiger charge is 2.15. The third-order valence-electron chi connectivity index (χ3n) is 3.32. The average molecular weight is 340 g/mol. The fraction of sp³-hybridized carbons (Fsp3) is 0.0556. The van der Waals surface area contributed by atoms with Crippen LogP contribution in [-0.2, 0) is 0 Å². The molecular weight excluding hydrogens is 326 g/mol. The van der Waals surface area contributed by atoms with Crippen molar-refractivity contribution in [1.82, 2.24) is 9.97 Å². The van der Waals surface area contributed by atoms with Gasteiger partial charge in [0, 0.05) is 11.4 Å². The van der Waals surface area contributed by atoms with Gasteiger partial charge in [-0.1, -0.05) is 6.07 Å². The van der Waals surface area contributed by atoms with Gasteiger partial charge >= 0.3 is 0 Å². The third-order valence-corrected chi connectivity index (χ3v) is 3.32. The molecule has 5 nitrogen and oxygen atoms in total. The minimum Gasteiger partial charge on any atom is -0.354 e. The molecular formula is C18H14F2N4O. The molecule has 0 aliphatic rings. The first kappa shape index (κ1) is 16.5. The van der Waals surface area contributed by atoms with Crippen molar-refractivity contribution in [3.8, 4) is 0 Å². The molecule has 0 saturated heterocycles. The number of aromatic nitrogens is 2. The molecule has 0 saturated carbocycles. The second-order valence-electron chi connectivity index (χ2n) is 5.30. The molecule has 0 atom stereocenters. The van der Waals surface area contributed by atoms with E-state index in [1.54, 1.807) is 31.2 Å². The summed E-state index contributed by atoms with van der Waals surface area (Å²) in [5.41, 5.74) is 1.66. The highest BCUT2D eigenvalue weighted by atomic mass is 19.1. The molecule has 7 heteroatoms. The van der Waals surface area contributed by atoms with E-state index in [1.165, 1.54) is 24.3 Å². The zero-order chi connectivity index (χ0) is 17.8. The van der Waals surface area contributed by atoms with Gasteiger partial charge in [0.1, 0.15) is 17.5 Å². The van der Waals surface area contributed by atoms with E-state index in [-0.39, 0.29) is 11.5 Å². The second kappa shape index (κ2) is 7.04. The molecule has 0 aliphatic carbocycles. The van der Waals surface area contributed by atoms with Crippen LogP contribution in [-0.4, -0.2) is 15.9 Å². The maximum Gasteiger partial charge on any atom is 0.277 e. The lowest BCUT2D eigenvalue weighted by atomic mass is 10.2. The molecule has 0 radical (unpaired) electrons. The number of nitrogens with zero attached hydrogens (tertiary/aromatic N) is 2. The van der Waals surface area contributed by atoms with Crippen molar-refractivity contribution in [2.75, 3.05) is 10.6 Å². The van der Waals surface area contributed by atoms with E-state index in [4.69, 9.17) is 0 Å². The molecule has 0 aliphatic heterocycles. The van der Waals surface area contributed by atoms with E-state index in [9.17, 15) is 13.6 Å². The van der Waals surface area contributed by atoms with E-state index in [2.05, 4.69) is 20.6 Å². The monoisotopic (exact) mass is 340 g/mol. The number of pyridine rings is 2. The van der Waals surface area contributed by atoms with Gasteiger partial charge in [0.05, 0.1) is 11.9 Å². The lowest BCUT2D eigenvalue weighted by molar-refractivity contribution is 0.102. The largest absolute Gasteiger partial charge is 0.354 e. The molecule has 0 spiro atoms. The quantitative estimate of drug-likeness (QED) is 0.752. The number of aryl methyl sites for hydroxylation is 1. The Morgan fingerprint density at radius 2 is 1.88 bits per heavy atom. The summed E-state index contributed by atoms with van der Waals surface area (Å²) in [6.45, 7) is 1.75. The maximum atomic E-state index is 13.3. The summed E-state index contributed by atoms with van der Waals surface area (Å²) < 4.78 is 26.3. The Morgan fingerprint density at radius 1 is 1.04 bits per heavy atom. The van der Waals surface area contributed by atoms with Gasteiger partial charge in [0.15, 0.2) is 5.69 Å². The average Bonchev–Trinajstić information content (AvgIpc) is 2.58. The molecule has 0 bridgehead atoms. The van der Waals surface area contributed by atoms with Crippen molar-refractivity contribution in [2.45, 2.75) is 6.92 Å². The summed E-state index contributed by atoms with van der Waals surface area (Å²) in [6, 6.07) is 11.8. The van der Waals surface area contributed by atoms with Crippen LogP contribution in [0.5, 0.6) is 0 Å². The Morgan fingerprint density at radius 3 is 2.60 bits per heavy atom. The molecule has 2 aromatic heterocycles. The first-order valence-electron chi connectivity index (χ1n) is 7.44. The van der Waals surface area contributed by atoms with Crippen LogP contribution in [0.25, 0.3) is 0 Å². The number of carbonyl (C=O) groups is 1. The number of carbonyl (C=O) groups excluding carboxylic acids is 1. The maximum absolute atomic E-state index is 13.3. The van der Waals surface area contributed by atoms with Crippen LogP contribution in [0.4, 0.5) is 26.0 Å². The third kappa shape index (κ3) is 4.14. The van der Waals surface area contributed by atoms with E-state index in [1.807, 2.05) is 0 Å². The van der Waals surface area contributed by atoms with Crippen molar-refractivity contribution >= 4 is 23.1 Å². The van der Waals surface area contributed by atoms with E-state index in [0.29, 0.717) is 17.1 Å². The van der Waals surface area contributed by atoms with Crippen LogP contribution in [0.2, 0.25) is 0 Å². The van der Waals surface area contributed by atoms with E-state index in [0.717, 1.165) is 6.20 Å². The second-order valence-corrected chi connectivity index (χ2v) is 5.30. The summed E-state index contributed by atoms with van der Waals surface area (Å²) >= 11 is 0. The summed E-state index contributed by atoms with van der Waals surface area (Å²) in [7, 11) is 0. The number of amides is 1. The van der Waals surface area contributed by atoms with Gasteiger partial charge in [0.25, 0.3) is 5.91 Å². The fourth-order valence-electron chi connectivity index (χ4n) is 2.18. The van der Waals surface area contributed by atoms with Gasteiger partial charge in [-0.2, -0.15) is 0 Å². The predicted molar refractivity (Wildman–Crippen MR) is 90.8 cm³/mol. The van der Waals surface area contributed by atoms with Gasteiger partial charge in [-0.3, -0.25) is 4.79 Å². The van der Waals surface area contributed by atoms with E-state index >= 15 is 0 Å². The van der Waals surface area contributed by atoms with Crippen LogP contribution >= 0.6 is 0 Å². The van der Waals surface area contributed by atoms with Crippen LogP contribution in [0.3, 0.4) is 0 Å². The number of halogens is 2. The molecule has 0 unspecified atom stereocenters. The lowest BCUT2D eigenvalue weighted by Crippen LogP contribution is -2.17. The molecule has 25 heavy (non-hydrogen) atoms. The zero-order valence-electron chi connectivity index (χ0n) is 13.3. The Kier molecular flexibility index (Phi) is 4.65. The molecule has 2 heterocycles. The highest BCUT2D eigenvalue weighted by molar-refractivity contribution is 6.06. The Balaban J connectivity index is 1.88. The molecule has 1 aromatic carbocycles. The molecule has 1 amide bonds. The van der Waals surface area contributed by atoms with Crippen molar-refractivity contribution in [3.05, 3.63) is 77.8 Å². The number of rotatable bonds is 4. The van der Waals surface area contributed by atoms with Crippen molar-refractivity contribution in [1.29, 1.82) is 0 Å². The summed E-state index contributed by atoms with van der Waals surface area (Å²) in [4.78, 5) is 20.5. The van der Waals surface area contributed by atoms with Gasteiger partial charge in [-0.05, 0) is 49.4 Å².